The second-order valence-electron chi connectivity index (χ2n) is 4.53. The molecule has 2 rings (SSSR count). The minimum atomic E-state index is 0.116. The van der Waals surface area contributed by atoms with Crippen molar-refractivity contribution in [2.24, 2.45) is 0 Å². The molecule has 1 aromatic rings. The van der Waals surface area contributed by atoms with E-state index in [-0.39, 0.29) is 6.10 Å². The fraction of sp³-hybridized carbons (Fsp3) is 0.769. The first kappa shape index (κ1) is 14.5. The van der Waals surface area contributed by atoms with E-state index in [9.17, 15) is 0 Å². The van der Waals surface area contributed by atoms with Gasteiger partial charge in [-0.25, -0.2) is 4.98 Å². The Balaban J connectivity index is 1.73. The van der Waals surface area contributed by atoms with E-state index in [0.717, 1.165) is 45.0 Å². The van der Waals surface area contributed by atoms with E-state index >= 15 is 0 Å². The van der Waals surface area contributed by atoms with Crippen molar-refractivity contribution >= 4 is 0 Å². The highest BCUT2D eigenvalue weighted by molar-refractivity contribution is 5.04. The Labute approximate surface area is 114 Å². The van der Waals surface area contributed by atoms with E-state index in [2.05, 4.69) is 14.9 Å². The highest BCUT2D eigenvalue weighted by Crippen LogP contribution is 2.18. The fourth-order valence-corrected chi connectivity index (χ4v) is 2.12. The van der Waals surface area contributed by atoms with Crippen molar-refractivity contribution in [1.29, 1.82) is 0 Å². The highest BCUT2D eigenvalue weighted by atomic mass is 16.5. The lowest BCUT2D eigenvalue weighted by atomic mass is 10.2. The SMILES string of the molecule is COCCOCCCn1cncc1C1CNCCO1. The Morgan fingerprint density at radius 2 is 2.42 bits per heavy atom. The molecule has 0 aliphatic carbocycles. The van der Waals surface area contributed by atoms with E-state index in [0.29, 0.717) is 13.2 Å². The molecule has 0 spiro atoms. The van der Waals surface area contributed by atoms with Gasteiger partial charge >= 0.3 is 0 Å². The van der Waals surface area contributed by atoms with Crippen molar-refractivity contribution in [3.8, 4) is 0 Å². The molecule has 6 nitrogen and oxygen atoms in total. The third-order valence-corrected chi connectivity index (χ3v) is 3.12. The van der Waals surface area contributed by atoms with Gasteiger partial charge in [-0.15, -0.1) is 0 Å². The molecular formula is C13H23N3O3. The Morgan fingerprint density at radius 1 is 1.47 bits per heavy atom. The number of aryl methyl sites for hydroxylation is 1. The first-order chi connectivity index (χ1) is 9.42. The summed E-state index contributed by atoms with van der Waals surface area (Å²) in [6.45, 7) is 5.50. The number of methoxy groups -OCH3 is 1. The van der Waals surface area contributed by atoms with Gasteiger partial charge in [0.1, 0.15) is 6.10 Å². The van der Waals surface area contributed by atoms with Crippen LogP contribution in [0.1, 0.15) is 18.2 Å². The van der Waals surface area contributed by atoms with Gasteiger partial charge in [0, 0.05) is 33.4 Å². The van der Waals surface area contributed by atoms with Gasteiger partial charge in [0.2, 0.25) is 0 Å². The summed E-state index contributed by atoms with van der Waals surface area (Å²) in [6, 6.07) is 0. The van der Waals surface area contributed by atoms with Gasteiger partial charge in [-0.1, -0.05) is 0 Å². The minimum absolute atomic E-state index is 0.116. The zero-order valence-corrected chi connectivity index (χ0v) is 11.5. The summed E-state index contributed by atoms with van der Waals surface area (Å²) in [4.78, 5) is 4.22. The van der Waals surface area contributed by atoms with E-state index in [1.54, 1.807) is 7.11 Å². The summed E-state index contributed by atoms with van der Waals surface area (Å²) in [7, 11) is 1.68. The number of rotatable bonds is 8. The molecule has 1 aliphatic rings. The van der Waals surface area contributed by atoms with Gasteiger partial charge in [0.25, 0.3) is 0 Å². The number of ether oxygens (including phenoxy) is 3. The summed E-state index contributed by atoms with van der Waals surface area (Å²) in [6.07, 6.45) is 4.84. The number of hydrogen-bond acceptors (Lipinski definition) is 5. The molecule has 1 aromatic heterocycles. The van der Waals surface area contributed by atoms with Crippen LogP contribution in [0.4, 0.5) is 0 Å². The standard InChI is InChI=1S/C13H23N3O3/c1-17-7-8-18-5-2-4-16-11-15-9-12(16)13-10-14-3-6-19-13/h9,11,13-14H,2-8,10H2,1H3. The van der Waals surface area contributed by atoms with Gasteiger partial charge in [-0.3, -0.25) is 0 Å². The molecule has 0 saturated carbocycles. The number of nitrogens with zero attached hydrogens (tertiary/aromatic N) is 2. The Morgan fingerprint density at radius 3 is 3.21 bits per heavy atom. The molecule has 108 valence electrons. The zero-order chi connectivity index (χ0) is 13.3. The van der Waals surface area contributed by atoms with Gasteiger partial charge in [0.15, 0.2) is 0 Å². The monoisotopic (exact) mass is 269 g/mol. The predicted molar refractivity (Wildman–Crippen MR) is 71.1 cm³/mol. The summed E-state index contributed by atoms with van der Waals surface area (Å²) < 4.78 is 18.3. The Hall–Kier alpha value is -0.950. The van der Waals surface area contributed by atoms with Crippen molar-refractivity contribution in [3.63, 3.8) is 0 Å². The molecule has 19 heavy (non-hydrogen) atoms. The van der Waals surface area contributed by atoms with Crippen molar-refractivity contribution in [3.05, 3.63) is 18.2 Å². The second kappa shape index (κ2) is 8.27. The molecule has 1 unspecified atom stereocenters. The second-order valence-corrected chi connectivity index (χ2v) is 4.53. The third kappa shape index (κ3) is 4.58. The lowest BCUT2D eigenvalue weighted by Crippen LogP contribution is -2.34. The number of hydrogen-bond donors (Lipinski definition) is 1. The van der Waals surface area contributed by atoms with Crippen LogP contribution in [-0.2, 0) is 20.8 Å². The predicted octanol–water partition coefficient (Wildman–Crippen LogP) is 0.597. The van der Waals surface area contributed by atoms with Gasteiger partial charge in [-0.05, 0) is 6.42 Å². The summed E-state index contributed by atoms with van der Waals surface area (Å²) in [5.74, 6) is 0. The lowest BCUT2D eigenvalue weighted by molar-refractivity contribution is 0.0222. The van der Waals surface area contributed by atoms with Crippen molar-refractivity contribution in [1.82, 2.24) is 14.9 Å². The van der Waals surface area contributed by atoms with Crippen molar-refractivity contribution in [2.45, 2.75) is 19.1 Å². The van der Waals surface area contributed by atoms with Gasteiger partial charge in [0.05, 0.1) is 38.0 Å². The van der Waals surface area contributed by atoms with E-state index < -0.39 is 0 Å². The van der Waals surface area contributed by atoms with Crippen LogP contribution in [0.15, 0.2) is 12.5 Å². The normalized spacial score (nSPS) is 19.7. The largest absolute Gasteiger partial charge is 0.382 e. The number of morpholine rings is 1. The molecule has 1 atom stereocenters. The van der Waals surface area contributed by atoms with Gasteiger partial charge < -0.3 is 24.1 Å². The van der Waals surface area contributed by atoms with Crippen LogP contribution in [0, 0.1) is 0 Å². The topological polar surface area (TPSA) is 57.5 Å². The summed E-state index contributed by atoms with van der Waals surface area (Å²) in [5.41, 5.74) is 1.14. The quantitative estimate of drug-likeness (QED) is 0.700. The van der Waals surface area contributed by atoms with E-state index in [1.807, 2.05) is 12.5 Å². The molecule has 0 bridgehead atoms. The Kier molecular flexibility index (Phi) is 6.29. The van der Waals surface area contributed by atoms with Crippen LogP contribution < -0.4 is 5.32 Å². The molecule has 6 heteroatoms. The third-order valence-electron chi connectivity index (χ3n) is 3.12. The van der Waals surface area contributed by atoms with Crippen LogP contribution >= 0.6 is 0 Å². The Bertz CT molecular complexity index is 351. The molecule has 1 N–H and O–H groups in total. The molecule has 1 aliphatic heterocycles. The fourth-order valence-electron chi connectivity index (χ4n) is 2.12. The molecule has 1 saturated heterocycles. The zero-order valence-electron chi connectivity index (χ0n) is 11.5. The van der Waals surface area contributed by atoms with Crippen LogP contribution in [0.2, 0.25) is 0 Å². The van der Waals surface area contributed by atoms with E-state index in [1.165, 1.54) is 0 Å². The smallest absolute Gasteiger partial charge is 0.111 e. The summed E-state index contributed by atoms with van der Waals surface area (Å²) in [5, 5.41) is 3.34. The van der Waals surface area contributed by atoms with Crippen molar-refractivity contribution in [2.75, 3.05) is 46.6 Å². The van der Waals surface area contributed by atoms with E-state index in [4.69, 9.17) is 14.2 Å². The van der Waals surface area contributed by atoms with Crippen LogP contribution in [0.25, 0.3) is 0 Å². The number of nitrogens with one attached hydrogen (secondary N) is 1. The summed E-state index contributed by atoms with van der Waals surface area (Å²) >= 11 is 0. The maximum Gasteiger partial charge on any atom is 0.111 e. The average molecular weight is 269 g/mol. The van der Waals surface area contributed by atoms with Crippen LogP contribution in [-0.4, -0.2) is 56.2 Å². The molecular weight excluding hydrogens is 246 g/mol. The highest BCUT2D eigenvalue weighted by Gasteiger charge is 2.19. The first-order valence-electron chi connectivity index (χ1n) is 6.81. The van der Waals surface area contributed by atoms with Crippen LogP contribution in [0.5, 0.6) is 0 Å². The van der Waals surface area contributed by atoms with Crippen molar-refractivity contribution < 1.29 is 14.2 Å². The molecule has 1 fully saturated rings. The number of aromatic nitrogens is 2. The van der Waals surface area contributed by atoms with Crippen LogP contribution in [0.3, 0.4) is 0 Å². The average Bonchev–Trinajstić information content (AvgIpc) is 2.92. The molecule has 0 amide bonds. The maximum absolute atomic E-state index is 5.75. The molecule has 0 radical (unpaired) electrons. The molecule has 0 aromatic carbocycles. The lowest BCUT2D eigenvalue weighted by Gasteiger charge is -2.24. The minimum Gasteiger partial charge on any atom is -0.382 e. The molecule has 2 heterocycles. The number of imidazole rings is 1. The first-order valence-corrected chi connectivity index (χ1v) is 6.81. The maximum atomic E-state index is 5.75. The van der Waals surface area contributed by atoms with Gasteiger partial charge in [-0.2, -0.15) is 0 Å².